The molecule has 0 fully saturated rings. The van der Waals surface area contributed by atoms with E-state index < -0.39 is 16.1 Å². The van der Waals surface area contributed by atoms with E-state index in [1.165, 1.54) is 21.3 Å². The molecule has 33 heavy (non-hydrogen) atoms. The smallest absolute Gasteiger partial charge is 0.242 e. The van der Waals surface area contributed by atoms with Gasteiger partial charge in [-0.2, -0.15) is 0 Å². The number of hydrogen-bond donors (Lipinski definition) is 1. The lowest BCUT2D eigenvalue weighted by Crippen LogP contribution is -2.49. The van der Waals surface area contributed by atoms with E-state index in [0.29, 0.717) is 24.2 Å². The van der Waals surface area contributed by atoms with Crippen molar-refractivity contribution in [1.82, 2.24) is 10.2 Å². The third-order valence-corrected chi connectivity index (χ3v) is 6.39. The zero-order valence-corrected chi connectivity index (χ0v) is 20.1. The number of para-hydroxylation sites is 1. The van der Waals surface area contributed by atoms with E-state index in [2.05, 4.69) is 5.32 Å². The van der Waals surface area contributed by atoms with Gasteiger partial charge in [0.15, 0.2) is 0 Å². The second-order valence-corrected chi connectivity index (χ2v) is 9.65. The highest BCUT2D eigenvalue weighted by Crippen LogP contribution is 2.19. The summed E-state index contributed by atoms with van der Waals surface area (Å²) < 4.78 is 39.1. The third kappa shape index (κ3) is 7.85. The maximum absolute atomic E-state index is 13.3. The van der Waals surface area contributed by atoms with Gasteiger partial charge >= 0.3 is 0 Å². The molecule has 1 atom stereocenters. The number of carbonyl (C=O) groups is 2. The molecule has 7 nitrogen and oxygen atoms in total. The standard InChI is InChI=1S/C24H32FN3O4S/c1-4-22(24(30)26-5-2)27(18-19-13-15-20(25)16-14-19)23(29)12-9-17-28(33(3,31)32)21-10-7-6-8-11-21/h6-8,10-11,13-16,22H,4-5,9,12,17-18H2,1-3H3,(H,26,30)/t22-/m0/s1. The van der Waals surface area contributed by atoms with Crippen molar-refractivity contribution in [2.45, 2.75) is 45.7 Å². The molecule has 0 unspecified atom stereocenters. The van der Waals surface area contributed by atoms with Crippen LogP contribution in [0.5, 0.6) is 0 Å². The Morgan fingerprint density at radius 3 is 2.21 bits per heavy atom. The zero-order chi connectivity index (χ0) is 24.4. The van der Waals surface area contributed by atoms with Gasteiger partial charge in [0.25, 0.3) is 0 Å². The van der Waals surface area contributed by atoms with Gasteiger partial charge in [0, 0.05) is 26.1 Å². The highest BCUT2D eigenvalue weighted by atomic mass is 32.2. The van der Waals surface area contributed by atoms with E-state index in [1.807, 2.05) is 6.92 Å². The fraction of sp³-hybridized carbons (Fsp3) is 0.417. The number of benzene rings is 2. The maximum Gasteiger partial charge on any atom is 0.242 e. The van der Waals surface area contributed by atoms with Gasteiger partial charge in [-0.15, -0.1) is 0 Å². The minimum absolute atomic E-state index is 0.0654. The van der Waals surface area contributed by atoms with Crippen molar-refractivity contribution >= 4 is 27.5 Å². The lowest BCUT2D eigenvalue weighted by molar-refractivity contribution is -0.141. The molecule has 0 aliphatic rings. The van der Waals surface area contributed by atoms with Gasteiger partial charge in [0.2, 0.25) is 21.8 Å². The van der Waals surface area contributed by atoms with Crippen LogP contribution in [-0.2, 0) is 26.2 Å². The van der Waals surface area contributed by atoms with Crippen LogP contribution in [0.15, 0.2) is 54.6 Å². The number of nitrogens with zero attached hydrogens (tertiary/aromatic N) is 2. The summed E-state index contributed by atoms with van der Waals surface area (Å²) in [4.78, 5) is 27.3. The number of nitrogens with one attached hydrogen (secondary N) is 1. The molecule has 0 aliphatic heterocycles. The van der Waals surface area contributed by atoms with E-state index in [-0.39, 0.29) is 43.6 Å². The number of halogens is 1. The summed E-state index contributed by atoms with van der Waals surface area (Å²) in [5.74, 6) is -0.898. The first-order valence-corrected chi connectivity index (χ1v) is 12.9. The Labute approximate surface area is 195 Å². The Morgan fingerprint density at radius 1 is 1.03 bits per heavy atom. The second kappa shape index (κ2) is 12.3. The maximum atomic E-state index is 13.3. The molecule has 2 aromatic carbocycles. The number of amides is 2. The first-order valence-electron chi connectivity index (χ1n) is 11.0. The molecule has 0 heterocycles. The number of sulfonamides is 1. The molecule has 0 radical (unpaired) electrons. The molecular weight excluding hydrogens is 445 g/mol. The molecule has 0 bridgehead atoms. The van der Waals surface area contributed by atoms with Crippen LogP contribution in [0.25, 0.3) is 0 Å². The summed E-state index contributed by atoms with van der Waals surface area (Å²) in [6, 6.07) is 13.8. The average molecular weight is 478 g/mol. The molecule has 1 N–H and O–H groups in total. The van der Waals surface area contributed by atoms with Gasteiger partial charge < -0.3 is 10.2 Å². The van der Waals surface area contributed by atoms with Gasteiger partial charge in [0.1, 0.15) is 11.9 Å². The molecule has 0 saturated heterocycles. The monoisotopic (exact) mass is 477 g/mol. The van der Waals surface area contributed by atoms with Crippen molar-refractivity contribution in [3.63, 3.8) is 0 Å². The lowest BCUT2D eigenvalue weighted by atomic mass is 10.1. The summed E-state index contributed by atoms with van der Waals surface area (Å²) in [7, 11) is -3.52. The molecule has 0 aliphatic carbocycles. The number of likely N-dealkylation sites (N-methyl/N-ethyl adjacent to an activating group) is 1. The number of hydrogen-bond acceptors (Lipinski definition) is 4. The van der Waals surface area contributed by atoms with Crippen LogP contribution in [0.1, 0.15) is 38.7 Å². The molecule has 2 amide bonds. The van der Waals surface area contributed by atoms with Crippen LogP contribution < -0.4 is 9.62 Å². The minimum atomic E-state index is -3.52. The van der Waals surface area contributed by atoms with E-state index in [0.717, 1.165) is 6.26 Å². The molecule has 9 heteroatoms. The van der Waals surface area contributed by atoms with E-state index in [1.54, 1.807) is 49.4 Å². The average Bonchev–Trinajstić information content (AvgIpc) is 2.77. The van der Waals surface area contributed by atoms with Gasteiger partial charge in [-0.25, -0.2) is 12.8 Å². The third-order valence-electron chi connectivity index (χ3n) is 5.20. The first kappa shape index (κ1) is 26.3. The minimum Gasteiger partial charge on any atom is -0.355 e. The molecule has 0 aromatic heterocycles. The Kier molecular flexibility index (Phi) is 9.84. The van der Waals surface area contributed by atoms with Crippen LogP contribution in [0.3, 0.4) is 0 Å². The van der Waals surface area contributed by atoms with Crippen LogP contribution in [-0.4, -0.2) is 50.5 Å². The predicted molar refractivity (Wildman–Crippen MR) is 128 cm³/mol. The fourth-order valence-electron chi connectivity index (χ4n) is 3.60. The second-order valence-electron chi connectivity index (χ2n) is 7.74. The van der Waals surface area contributed by atoms with Crippen LogP contribution in [0.2, 0.25) is 0 Å². The van der Waals surface area contributed by atoms with Crippen molar-refractivity contribution < 1.29 is 22.4 Å². The number of carbonyl (C=O) groups excluding carboxylic acids is 2. The van der Waals surface area contributed by atoms with Crippen molar-refractivity contribution in [3.05, 3.63) is 66.0 Å². The summed E-state index contributed by atoms with van der Waals surface area (Å²) in [5.41, 5.74) is 1.24. The van der Waals surface area contributed by atoms with Crippen molar-refractivity contribution in [2.75, 3.05) is 23.7 Å². The Morgan fingerprint density at radius 2 is 1.67 bits per heavy atom. The van der Waals surface area contributed by atoms with Gasteiger partial charge in [0.05, 0.1) is 11.9 Å². The summed E-state index contributed by atoms with van der Waals surface area (Å²) >= 11 is 0. The highest BCUT2D eigenvalue weighted by molar-refractivity contribution is 7.92. The SMILES string of the molecule is CCNC(=O)[C@H](CC)N(Cc1ccc(F)cc1)C(=O)CCCN(c1ccccc1)S(C)(=O)=O. The van der Waals surface area contributed by atoms with Crippen LogP contribution in [0.4, 0.5) is 10.1 Å². The molecule has 180 valence electrons. The normalized spacial score (nSPS) is 12.1. The van der Waals surface area contributed by atoms with Crippen molar-refractivity contribution in [1.29, 1.82) is 0 Å². The molecule has 0 saturated carbocycles. The first-order chi connectivity index (χ1) is 15.7. The fourth-order valence-corrected chi connectivity index (χ4v) is 4.56. The Bertz CT molecular complexity index is 1010. The van der Waals surface area contributed by atoms with Crippen LogP contribution in [0, 0.1) is 5.82 Å². The van der Waals surface area contributed by atoms with E-state index in [9.17, 15) is 22.4 Å². The van der Waals surface area contributed by atoms with Gasteiger partial charge in [-0.05, 0) is 49.6 Å². The van der Waals surface area contributed by atoms with Gasteiger partial charge in [-0.3, -0.25) is 13.9 Å². The topological polar surface area (TPSA) is 86.8 Å². The molecule has 2 rings (SSSR count). The number of anilines is 1. The van der Waals surface area contributed by atoms with Crippen molar-refractivity contribution in [3.8, 4) is 0 Å². The summed E-state index contributed by atoms with van der Waals surface area (Å²) in [6.45, 7) is 4.36. The van der Waals surface area contributed by atoms with Gasteiger partial charge in [-0.1, -0.05) is 37.3 Å². The Hall–Kier alpha value is -2.94. The van der Waals surface area contributed by atoms with E-state index in [4.69, 9.17) is 0 Å². The number of rotatable bonds is 12. The zero-order valence-electron chi connectivity index (χ0n) is 19.3. The highest BCUT2D eigenvalue weighted by Gasteiger charge is 2.28. The quantitative estimate of drug-likeness (QED) is 0.508. The van der Waals surface area contributed by atoms with Crippen LogP contribution >= 0.6 is 0 Å². The largest absolute Gasteiger partial charge is 0.355 e. The van der Waals surface area contributed by atoms with Crippen molar-refractivity contribution in [2.24, 2.45) is 0 Å². The summed E-state index contributed by atoms with van der Waals surface area (Å²) in [5, 5.41) is 2.76. The molecular formula is C24H32FN3O4S. The van der Waals surface area contributed by atoms with E-state index >= 15 is 0 Å². The lowest BCUT2D eigenvalue weighted by Gasteiger charge is -2.31. The summed E-state index contributed by atoms with van der Waals surface area (Å²) in [6.07, 6.45) is 1.89. The molecule has 0 spiro atoms. The Balaban J connectivity index is 2.17. The molecule has 2 aromatic rings. The predicted octanol–water partition coefficient (Wildman–Crippen LogP) is 3.32.